The summed E-state index contributed by atoms with van der Waals surface area (Å²) in [5, 5.41) is 3.68. The number of hydrogen-bond acceptors (Lipinski definition) is 1. The van der Waals surface area contributed by atoms with E-state index in [9.17, 15) is 0 Å². The van der Waals surface area contributed by atoms with Gasteiger partial charge >= 0.3 is 0 Å². The molecule has 1 N–H and O–H groups in total. The van der Waals surface area contributed by atoms with Crippen LogP contribution in [0.1, 0.15) is 54.4 Å². The summed E-state index contributed by atoms with van der Waals surface area (Å²) < 4.78 is 0. The smallest absolute Gasteiger partial charge is 0.0212 e. The number of rotatable bonds is 6. The zero-order valence-corrected chi connectivity index (χ0v) is 10.8. The summed E-state index contributed by atoms with van der Waals surface area (Å²) in [6.07, 6.45) is 4.51. The maximum atomic E-state index is 3.91. The highest BCUT2D eigenvalue weighted by Crippen LogP contribution is 2.31. The minimum atomic E-state index is 0.101. The Kier molecular flexibility index (Phi) is 4.87. The average molecular weight is 197 g/mol. The lowest BCUT2D eigenvalue weighted by molar-refractivity contribution is 0.188. The molecule has 0 aliphatic rings. The van der Waals surface area contributed by atoms with Crippen molar-refractivity contribution in [3.63, 3.8) is 0 Å². The van der Waals surface area contributed by atoms with Gasteiger partial charge in [-0.1, -0.05) is 33.3 Å². The number of hydrogen-bond donors (Lipinski definition) is 1. The fourth-order valence-electron chi connectivity index (χ4n) is 1.56. The van der Waals surface area contributed by atoms with Gasteiger partial charge in [0.15, 0.2) is 0 Å². The highest BCUT2D eigenvalue weighted by atomic mass is 15.0. The molecular weight excluding hydrogens is 170 g/mol. The van der Waals surface area contributed by atoms with Crippen molar-refractivity contribution in [2.24, 2.45) is 5.41 Å². The van der Waals surface area contributed by atoms with Gasteiger partial charge in [0.1, 0.15) is 0 Å². The van der Waals surface area contributed by atoms with E-state index in [0.29, 0.717) is 6.04 Å². The van der Waals surface area contributed by atoms with E-state index >= 15 is 0 Å². The third-order valence-corrected chi connectivity index (χ3v) is 3.45. The van der Waals surface area contributed by atoms with Crippen LogP contribution in [0.4, 0.5) is 0 Å². The minimum absolute atomic E-state index is 0.101. The Morgan fingerprint density at radius 1 is 1.29 bits per heavy atom. The van der Waals surface area contributed by atoms with E-state index in [2.05, 4.69) is 53.4 Å². The van der Waals surface area contributed by atoms with Gasteiger partial charge in [0.25, 0.3) is 0 Å². The van der Waals surface area contributed by atoms with Crippen molar-refractivity contribution in [1.29, 1.82) is 0 Å². The molecule has 0 fully saturated rings. The molecule has 1 nitrogen and oxygen atoms in total. The standard InChI is InChI=1S/C13H27N/c1-8-10-11(3)14-13(6,7)12(4,5)9-2/h9,11,14H,2,8,10H2,1,3-7H3. The molecule has 1 unspecified atom stereocenters. The van der Waals surface area contributed by atoms with Crippen LogP contribution in [-0.4, -0.2) is 11.6 Å². The normalized spacial score (nSPS) is 15.3. The Hall–Kier alpha value is -0.300. The van der Waals surface area contributed by atoms with Gasteiger partial charge in [-0.25, -0.2) is 0 Å². The Morgan fingerprint density at radius 2 is 1.79 bits per heavy atom. The van der Waals surface area contributed by atoms with Crippen LogP contribution in [-0.2, 0) is 0 Å². The summed E-state index contributed by atoms with van der Waals surface area (Å²) in [6.45, 7) is 17.3. The summed E-state index contributed by atoms with van der Waals surface area (Å²) >= 11 is 0. The van der Waals surface area contributed by atoms with Crippen LogP contribution in [0.3, 0.4) is 0 Å². The van der Waals surface area contributed by atoms with Gasteiger partial charge in [0.05, 0.1) is 0 Å². The zero-order valence-electron chi connectivity index (χ0n) is 10.8. The molecular formula is C13H27N. The fourth-order valence-corrected chi connectivity index (χ4v) is 1.56. The van der Waals surface area contributed by atoms with Crippen LogP contribution in [0.5, 0.6) is 0 Å². The van der Waals surface area contributed by atoms with Crippen molar-refractivity contribution in [3.05, 3.63) is 12.7 Å². The van der Waals surface area contributed by atoms with Gasteiger partial charge < -0.3 is 5.32 Å². The van der Waals surface area contributed by atoms with E-state index < -0.39 is 0 Å². The molecule has 1 atom stereocenters. The van der Waals surface area contributed by atoms with Gasteiger partial charge in [-0.3, -0.25) is 0 Å². The highest BCUT2D eigenvalue weighted by Gasteiger charge is 2.34. The van der Waals surface area contributed by atoms with Crippen LogP contribution in [0.25, 0.3) is 0 Å². The first kappa shape index (κ1) is 13.7. The molecule has 0 aliphatic heterocycles. The molecule has 0 saturated heterocycles. The minimum Gasteiger partial charge on any atom is -0.308 e. The van der Waals surface area contributed by atoms with E-state index in [-0.39, 0.29) is 11.0 Å². The second kappa shape index (κ2) is 4.97. The first-order chi connectivity index (χ1) is 6.27. The SMILES string of the molecule is C=CC(C)(C)C(C)(C)NC(C)CCC. The molecule has 0 radical (unpaired) electrons. The Balaban J connectivity index is 4.39. The monoisotopic (exact) mass is 197 g/mol. The van der Waals surface area contributed by atoms with Crippen molar-refractivity contribution >= 4 is 0 Å². The molecule has 14 heavy (non-hydrogen) atoms. The second-order valence-electron chi connectivity index (χ2n) is 5.38. The predicted molar refractivity (Wildman–Crippen MR) is 65.6 cm³/mol. The van der Waals surface area contributed by atoms with Crippen molar-refractivity contribution < 1.29 is 0 Å². The van der Waals surface area contributed by atoms with Gasteiger partial charge in [0, 0.05) is 11.6 Å². The largest absolute Gasteiger partial charge is 0.308 e. The quantitative estimate of drug-likeness (QED) is 0.639. The third kappa shape index (κ3) is 3.45. The van der Waals surface area contributed by atoms with E-state index in [1.807, 2.05) is 6.08 Å². The molecule has 0 aromatic carbocycles. The lowest BCUT2D eigenvalue weighted by atomic mass is 9.74. The van der Waals surface area contributed by atoms with Gasteiger partial charge in [-0.15, -0.1) is 6.58 Å². The van der Waals surface area contributed by atoms with Crippen LogP contribution in [0.15, 0.2) is 12.7 Å². The summed E-state index contributed by atoms with van der Waals surface area (Å²) in [7, 11) is 0. The lowest BCUT2D eigenvalue weighted by Crippen LogP contribution is -2.53. The molecule has 0 aromatic heterocycles. The van der Waals surface area contributed by atoms with E-state index in [1.54, 1.807) is 0 Å². The Morgan fingerprint density at radius 3 is 2.14 bits per heavy atom. The molecule has 0 aromatic rings. The molecule has 0 heterocycles. The molecule has 1 heteroatoms. The average Bonchev–Trinajstić information content (AvgIpc) is 2.03. The van der Waals surface area contributed by atoms with Crippen LogP contribution in [0, 0.1) is 5.41 Å². The van der Waals surface area contributed by atoms with Crippen molar-refractivity contribution in [3.8, 4) is 0 Å². The molecule has 0 rings (SSSR count). The first-order valence-electron chi connectivity index (χ1n) is 5.68. The summed E-state index contributed by atoms with van der Waals surface area (Å²) in [5.74, 6) is 0. The Bertz CT molecular complexity index is 180. The lowest BCUT2D eigenvalue weighted by Gasteiger charge is -2.42. The summed E-state index contributed by atoms with van der Waals surface area (Å²) in [6, 6.07) is 0.578. The van der Waals surface area contributed by atoms with E-state index in [1.165, 1.54) is 12.8 Å². The van der Waals surface area contributed by atoms with Crippen LogP contribution < -0.4 is 5.32 Å². The molecule has 0 spiro atoms. The maximum Gasteiger partial charge on any atom is 0.0212 e. The van der Waals surface area contributed by atoms with Crippen molar-refractivity contribution in [1.82, 2.24) is 5.32 Å². The third-order valence-electron chi connectivity index (χ3n) is 3.45. The van der Waals surface area contributed by atoms with Gasteiger partial charge in [0.2, 0.25) is 0 Å². The van der Waals surface area contributed by atoms with E-state index in [0.717, 1.165) is 0 Å². The fraction of sp³-hybridized carbons (Fsp3) is 0.846. The molecule has 0 saturated carbocycles. The molecule has 0 amide bonds. The molecule has 0 bridgehead atoms. The van der Waals surface area contributed by atoms with Crippen LogP contribution in [0.2, 0.25) is 0 Å². The number of nitrogens with one attached hydrogen (secondary N) is 1. The molecule has 84 valence electrons. The van der Waals surface area contributed by atoms with Gasteiger partial charge in [-0.2, -0.15) is 0 Å². The van der Waals surface area contributed by atoms with Crippen molar-refractivity contribution in [2.45, 2.75) is 66.0 Å². The van der Waals surface area contributed by atoms with Gasteiger partial charge in [-0.05, 0) is 32.6 Å². The zero-order chi connectivity index (χ0) is 11.4. The van der Waals surface area contributed by atoms with E-state index in [4.69, 9.17) is 0 Å². The second-order valence-corrected chi connectivity index (χ2v) is 5.38. The van der Waals surface area contributed by atoms with Crippen LogP contribution >= 0.6 is 0 Å². The molecule has 0 aliphatic carbocycles. The van der Waals surface area contributed by atoms with Crippen molar-refractivity contribution in [2.75, 3.05) is 0 Å². The summed E-state index contributed by atoms with van der Waals surface area (Å²) in [4.78, 5) is 0. The predicted octanol–water partition coefficient (Wildman–Crippen LogP) is 3.76. The topological polar surface area (TPSA) is 12.0 Å². The first-order valence-corrected chi connectivity index (χ1v) is 5.68. The highest BCUT2D eigenvalue weighted by molar-refractivity contribution is 5.03. The Labute approximate surface area is 90.0 Å². The maximum absolute atomic E-state index is 3.91. The summed E-state index contributed by atoms with van der Waals surface area (Å²) in [5.41, 5.74) is 0.221.